The van der Waals surface area contributed by atoms with Crippen molar-refractivity contribution in [2.45, 2.75) is 13.0 Å². The standard InChI is InChI=1S/C11H13ClFN/c12-6-2-1-3-10-7-9(8-14)4-5-11(10)13/h1,3-5,7H,2,6,8,14H2. The van der Waals surface area contributed by atoms with Gasteiger partial charge in [0.1, 0.15) is 5.82 Å². The van der Waals surface area contributed by atoms with E-state index in [9.17, 15) is 4.39 Å². The third-order valence-electron chi connectivity index (χ3n) is 1.87. The maximum atomic E-state index is 13.2. The van der Waals surface area contributed by atoms with E-state index in [1.165, 1.54) is 6.07 Å². The van der Waals surface area contributed by atoms with Crippen molar-refractivity contribution >= 4 is 17.7 Å². The minimum Gasteiger partial charge on any atom is -0.326 e. The summed E-state index contributed by atoms with van der Waals surface area (Å²) in [6, 6.07) is 4.87. The number of allylic oxidation sites excluding steroid dienone is 1. The first-order valence-electron chi connectivity index (χ1n) is 4.49. The van der Waals surface area contributed by atoms with Crippen LogP contribution in [-0.2, 0) is 6.54 Å². The number of benzene rings is 1. The van der Waals surface area contributed by atoms with Gasteiger partial charge in [0.05, 0.1) is 0 Å². The number of hydrogen-bond donors (Lipinski definition) is 1. The number of alkyl halides is 1. The van der Waals surface area contributed by atoms with Crippen LogP contribution in [0.3, 0.4) is 0 Å². The largest absolute Gasteiger partial charge is 0.326 e. The van der Waals surface area contributed by atoms with E-state index in [4.69, 9.17) is 17.3 Å². The quantitative estimate of drug-likeness (QED) is 0.765. The summed E-state index contributed by atoms with van der Waals surface area (Å²) in [6.07, 6.45) is 4.33. The van der Waals surface area contributed by atoms with Gasteiger partial charge in [0.25, 0.3) is 0 Å². The van der Waals surface area contributed by atoms with E-state index >= 15 is 0 Å². The van der Waals surface area contributed by atoms with Gasteiger partial charge in [-0.05, 0) is 24.1 Å². The first kappa shape index (κ1) is 11.2. The highest BCUT2D eigenvalue weighted by Gasteiger charge is 1.98. The molecule has 0 aliphatic carbocycles. The van der Waals surface area contributed by atoms with Crippen molar-refractivity contribution in [3.8, 4) is 0 Å². The molecule has 0 heterocycles. The second-order valence-corrected chi connectivity index (χ2v) is 3.32. The van der Waals surface area contributed by atoms with Crippen LogP contribution in [0.1, 0.15) is 17.5 Å². The molecule has 3 heteroatoms. The molecule has 1 aromatic carbocycles. The van der Waals surface area contributed by atoms with Gasteiger partial charge in [0.15, 0.2) is 0 Å². The Hall–Kier alpha value is -0.860. The molecular weight excluding hydrogens is 201 g/mol. The van der Waals surface area contributed by atoms with Gasteiger partial charge in [0, 0.05) is 18.0 Å². The lowest BCUT2D eigenvalue weighted by atomic mass is 10.1. The smallest absolute Gasteiger partial charge is 0.130 e. The van der Waals surface area contributed by atoms with Crippen molar-refractivity contribution in [1.29, 1.82) is 0 Å². The highest BCUT2D eigenvalue weighted by molar-refractivity contribution is 6.17. The van der Waals surface area contributed by atoms with Crippen molar-refractivity contribution in [2.75, 3.05) is 5.88 Å². The normalized spacial score (nSPS) is 11.1. The molecule has 1 nitrogen and oxygen atoms in total. The van der Waals surface area contributed by atoms with E-state index in [-0.39, 0.29) is 5.82 Å². The van der Waals surface area contributed by atoms with E-state index < -0.39 is 0 Å². The molecule has 14 heavy (non-hydrogen) atoms. The van der Waals surface area contributed by atoms with Crippen LogP contribution in [-0.4, -0.2) is 5.88 Å². The Kier molecular flexibility index (Phi) is 4.63. The summed E-state index contributed by atoms with van der Waals surface area (Å²) in [5.74, 6) is 0.322. The monoisotopic (exact) mass is 213 g/mol. The molecule has 0 saturated carbocycles. The van der Waals surface area contributed by atoms with Crippen molar-refractivity contribution < 1.29 is 4.39 Å². The molecule has 0 bridgehead atoms. The predicted octanol–water partition coefficient (Wildman–Crippen LogP) is 2.93. The summed E-state index contributed by atoms with van der Waals surface area (Å²) in [7, 11) is 0. The van der Waals surface area contributed by atoms with Crippen molar-refractivity contribution in [3.63, 3.8) is 0 Å². The van der Waals surface area contributed by atoms with Gasteiger partial charge in [-0.1, -0.05) is 18.2 Å². The molecule has 0 spiro atoms. The lowest BCUT2D eigenvalue weighted by Gasteiger charge is -2.00. The molecule has 1 rings (SSSR count). The van der Waals surface area contributed by atoms with Gasteiger partial charge in [-0.2, -0.15) is 0 Å². The Labute approximate surface area is 88.4 Å². The topological polar surface area (TPSA) is 26.0 Å². The van der Waals surface area contributed by atoms with E-state index in [0.29, 0.717) is 18.0 Å². The van der Waals surface area contributed by atoms with Crippen molar-refractivity contribution in [3.05, 3.63) is 41.2 Å². The van der Waals surface area contributed by atoms with Gasteiger partial charge < -0.3 is 5.73 Å². The first-order chi connectivity index (χ1) is 6.77. The van der Waals surface area contributed by atoms with Crippen LogP contribution in [0.4, 0.5) is 4.39 Å². The first-order valence-corrected chi connectivity index (χ1v) is 5.02. The second-order valence-electron chi connectivity index (χ2n) is 2.94. The summed E-state index contributed by atoms with van der Waals surface area (Å²) in [4.78, 5) is 0. The summed E-state index contributed by atoms with van der Waals surface area (Å²) in [5, 5.41) is 0. The Morgan fingerprint density at radius 1 is 1.43 bits per heavy atom. The SMILES string of the molecule is NCc1ccc(F)c(C=CCCCl)c1. The van der Waals surface area contributed by atoms with Crippen molar-refractivity contribution in [2.24, 2.45) is 5.73 Å². The maximum absolute atomic E-state index is 13.2. The van der Waals surface area contributed by atoms with E-state index in [1.54, 1.807) is 18.2 Å². The van der Waals surface area contributed by atoms with E-state index in [2.05, 4.69) is 0 Å². The summed E-state index contributed by atoms with van der Waals surface area (Å²) >= 11 is 5.50. The molecule has 0 atom stereocenters. The summed E-state index contributed by atoms with van der Waals surface area (Å²) in [5.41, 5.74) is 6.95. The van der Waals surface area contributed by atoms with Crippen LogP contribution < -0.4 is 5.73 Å². The molecule has 76 valence electrons. The molecular formula is C11H13ClFN. The molecule has 0 aromatic heterocycles. The Bertz CT molecular complexity index is 323. The number of nitrogens with two attached hydrogens (primary N) is 1. The molecule has 0 amide bonds. The van der Waals surface area contributed by atoms with Crippen LogP contribution in [0.2, 0.25) is 0 Å². The van der Waals surface area contributed by atoms with Crippen LogP contribution in [0.25, 0.3) is 6.08 Å². The van der Waals surface area contributed by atoms with Crippen LogP contribution in [0.5, 0.6) is 0 Å². The van der Waals surface area contributed by atoms with Crippen LogP contribution in [0.15, 0.2) is 24.3 Å². The summed E-state index contributed by atoms with van der Waals surface area (Å²) in [6.45, 7) is 0.427. The molecule has 0 radical (unpaired) electrons. The zero-order valence-corrected chi connectivity index (χ0v) is 8.60. The molecule has 2 N–H and O–H groups in total. The van der Waals surface area contributed by atoms with E-state index in [0.717, 1.165) is 12.0 Å². The van der Waals surface area contributed by atoms with Gasteiger partial charge >= 0.3 is 0 Å². The fourth-order valence-corrected chi connectivity index (χ4v) is 1.25. The highest BCUT2D eigenvalue weighted by Crippen LogP contribution is 2.12. The third-order valence-corrected chi connectivity index (χ3v) is 2.09. The van der Waals surface area contributed by atoms with Gasteiger partial charge in [-0.25, -0.2) is 4.39 Å². The van der Waals surface area contributed by atoms with Gasteiger partial charge in [0.2, 0.25) is 0 Å². The molecule has 0 aliphatic heterocycles. The zero-order chi connectivity index (χ0) is 10.4. The summed E-state index contributed by atoms with van der Waals surface area (Å²) < 4.78 is 13.2. The molecule has 0 fully saturated rings. The predicted molar refractivity (Wildman–Crippen MR) is 58.7 cm³/mol. The minimum absolute atomic E-state index is 0.229. The zero-order valence-electron chi connectivity index (χ0n) is 7.84. The Morgan fingerprint density at radius 3 is 2.86 bits per heavy atom. The number of rotatable bonds is 4. The lowest BCUT2D eigenvalue weighted by Crippen LogP contribution is -1.97. The minimum atomic E-state index is -0.229. The molecule has 1 aromatic rings. The van der Waals surface area contributed by atoms with Crippen molar-refractivity contribution in [1.82, 2.24) is 0 Å². The second kappa shape index (κ2) is 5.78. The average Bonchev–Trinajstić information content (AvgIpc) is 2.21. The lowest BCUT2D eigenvalue weighted by molar-refractivity contribution is 0.624. The highest BCUT2D eigenvalue weighted by atomic mass is 35.5. The fourth-order valence-electron chi connectivity index (χ4n) is 1.12. The Morgan fingerprint density at radius 2 is 2.21 bits per heavy atom. The Balaban J connectivity index is 2.83. The molecule has 0 unspecified atom stereocenters. The molecule has 0 aliphatic rings. The van der Waals surface area contributed by atoms with Gasteiger partial charge in [-0.3, -0.25) is 0 Å². The third kappa shape index (κ3) is 3.13. The average molecular weight is 214 g/mol. The molecule has 0 saturated heterocycles. The maximum Gasteiger partial charge on any atom is 0.130 e. The van der Waals surface area contributed by atoms with Gasteiger partial charge in [-0.15, -0.1) is 11.6 Å². The van der Waals surface area contributed by atoms with E-state index in [1.807, 2.05) is 6.08 Å². The number of hydrogen-bond acceptors (Lipinski definition) is 1. The fraction of sp³-hybridized carbons (Fsp3) is 0.273. The number of halogens is 2. The van der Waals surface area contributed by atoms with Crippen LogP contribution >= 0.6 is 11.6 Å². The van der Waals surface area contributed by atoms with Crippen LogP contribution in [0, 0.1) is 5.82 Å².